The van der Waals surface area contributed by atoms with Gasteiger partial charge in [-0.3, -0.25) is 0 Å². The molecule has 1 fully saturated rings. The van der Waals surface area contributed by atoms with Gasteiger partial charge in [-0.15, -0.1) is 0 Å². The summed E-state index contributed by atoms with van der Waals surface area (Å²) in [7, 11) is 3.22. The van der Waals surface area contributed by atoms with Crippen LogP contribution in [0.1, 0.15) is 38.7 Å². The molecule has 29 heavy (non-hydrogen) atoms. The molecule has 1 aromatic carbocycles. The molecule has 1 aliphatic rings. The van der Waals surface area contributed by atoms with Crippen LogP contribution in [0.3, 0.4) is 0 Å². The Morgan fingerprint density at radius 3 is 2.41 bits per heavy atom. The van der Waals surface area contributed by atoms with E-state index in [0.717, 1.165) is 82.9 Å². The van der Waals surface area contributed by atoms with E-state index < -0.39 is 0 Å². The fourth-order valence-electron chi connectivity index (χ4n) is 2.51. The fourth-order valence-corrected chi connectivity index (χ4v) is 3.80. The monoisotopic (exact) mass is 792 g/mol. The van der Waals surface area contributed by atoms with E-state index in [4.69, 9.17) is 4.74 Å². The van der Waals surface area contributed by atoms with Crippen molar-refractivity contribution in [1.82, 2.24) is 10.2 Å². The Morgan fingerprint density at radius 1 is 1.28 bits per heavy atom. The fraction of sp³-hybridized carbons (Fsp3) is 0.524. The zero-order chi connectivity index (χ0) is 22.2. The first kappa shape index (κ1) is 28.5. The summed E-state index contributed by atoms with van der Waals surface area (Å²) in [5, 5.41) is 2.90. The molecule has 6 radical (unpaired) electrons. The van der Waals surface area contributed by atoms with Crippen LogP contribution in [0, 0.1) is 17.7 Å². The third-order valence-corrected chi connectivity index (χ3v) is 5.77. The Hall–Kier alpha value is -0.546. The molecule has 1 N–H and O–H groups in total. The number of nitrogens with one attached hydrogen (secondary N) is 1. The van der Waals surface area contributed by atoms with Crippen LogP contribution < -0.4 is 5.32 Å². The molecule has 5 nitrogen and oxygen atoms in total. The van der Waals surface area contributed by atoms with Crippen LogP contribution >= 0.6 is 0 Å². The molecule has 0 aliphatic carbocycles. The maximum absolute atomic E-state index is 12.4. The van der Waals surface area contributed by atoms with Crippen molar-refractivity contribution in [2.75, 3.05) is 27.2 Å². The van der Waals surface area contributed by atoms with Crippen molar-refractivity contribution in [3.63, 3.8) is 0 Å². The van der Waals surface area contributed by atoms with Crippen LogP contribution in [0.4, 0.5) is 4.39 Å². The number of carbonyl (C=O) groups is 2. The van der Waals surface area contributed by atoms with Gasteiger partial charge >= 0.3 is 123 Å². The van der Waals surface area contributed by atoms with Crippen molar-refractivity contribution in [3.05, 3.63) is 35.6 Å². The van der Waals surface area contributed by atoms with E-state index in [2.05, 4.69) is 17.2 Å². The van der Waals surface area contributed by atoms with E-state index in [9.17, 15) is 14.0 Å². The first-order chi connectivity index (χ1) is 13.9. The number of methoxy groups -OCH3 is 1. The molecule has 2 rings (SSSR count). The molecule has 0 bridgehead atoms. The summed E-state index contributed by atoms with van der Waals surface area (Å²) in [6.45, 7) is 5.37. The first-order valence-corrected chi connectivity index (χ1v) is 14.1. The SMILES string of the molecule is CC.CNCC#Cc1ccc(F)cc1.COC(=O)C1CCCCN1C(=O)[CH]([Pb])[Pb]. The molecule has 0 saturated carbocycles. The molecule has 1 amide bonds. The number of carbonyl (C=O) groups excluding carboxylic acids is 2. The van der Waals surface area contributed by atoms with Crippen LogP contribution in [0.2, 0.25) is 1.04 Å². The second-order valence-electron chi connectivity index (χ2n) is 5.84. The van der Waals surface area contributed by atoms with Crippen molar-refractivity contribution in [3.8, 4) is 11.8 Å². The van der Waals surface area contributed by atoms with Crippen LogP contribution in [0.15, 0.2) is 24.3 Å². The zero-order valence-electron chi connectivity index (χ0n) is 17.5. The zero-order valence-corrected chi connectivity index (χ0v) is 25.3. The van der Waals surface area contributed by atoms with E-state index in [1.807, 2.05) is 20.9 Å². The van der Waals surface area contributed by atoms with Gasteiger partial charge in [0.2, 0.25) is 0 Å². The van der Waals surface area contributed by atoms with Gasteiger partial charge < -0.3 is 5.32 Å². The summed E-state index contributed by atoms with van der Waals surface area (Å²) in [6, 6.07) is 5.82. The van der Waals surface area contributed by atoms with E-state index >= 15 is 0 Å². The predicted molar refractivity (Wildman–Crippen MR) is 115 cm³/mol. The minimum atomic E-state index is -0.318. The number of hydrogen-bond donors (Lipinski definition) is 1. The Bertz CT molecular complexity index is 673. The van der Waals surface area contributed by atoms with Crippen LogP contribution in [0.5, 0.6) is 0 Å². The van der Waals surface area contributed by atoms with E-state index in [1.165, 1.54) is 19.2 Å². The average molecular weight is 791 g/mol. The number of rotatable bonds is 3. The molecule has 1 heterocycles. The van der Waals surface area contributed by atoms with Crippen molar-refractivity contribution in [1.29, 1.82) is 0 Å². The van der Waals surface area contributed by atoms with Gasteiger partial charge in [0.15, 0.2) is 0 Å². The van der Waals surface area contributed by atoms with Gasteiger partial charge in [0.1, 0.15) is 5.82 Å². The summed E-state index contributed by atoms with van der Waals surface area (Å²) in [5.74, 6) is 5.47. The van der Waals surface area contributed by atoms with Gasteiger partial charge in [0.05, 0.1) is 6.54 Å². The summed E-state index contributed by atoms with van der Waals surface area (Å²) in [6.07, 6.45) is 2.78. The Balaban J connectivity index is 0.000000508. The van der Waals surface area contributed by atoms with Gasteiger partial charge in [0.25, 0.3) is 0 Å². The number of benzene rings is 1. The summed E-state index contributed by atoms with van der Waals surface area (Å²) in [4.78, 5) is 25.2. The van der Waals surface area contributed by atoms with E-state index in [1.54, 1.807) is 17.0 Å². The number of hydrogen-bond acceptors (Lipinski definition) is 4. The van der Waals surface area contributed by atoms with Crippen LogP contribution in [0.25, 0.3) is 0 Å². The molecule has 1 unspecified atom stereocenters. The van der Waals surface area contributed by atoms with Crippen LogP contribution in [-0.2, 0) is 14.3 Å². The number of likely N-dealkylation sites (tertiary alicyclic amines) is 1. The van der Waals surface area contributed by atoms with Crippen molar-refractivity contribution < 1.29 is 18.7 Å². The second kappa shape index (κ2) is 17.2. The quantitative estimate of drug-likeness (QED) is 0.290. The van der Waals surface area contributed by atoms with Gasteiger partial charge in [-0.1, -0.05) is 25.7 Å². The minimum absolute atomic E-state index is 0.170. The second-order valence-corrected chi connectivity index (χ2v) is 19.1. The van der Waals surface area contributed by atoms with Gasteiger partial charge in [0, 0.05) is 5.56 Å². The molecule has 156 valence electrons. The standard InChI is InChI=1S/C10H10FN.C9H13NO3.C2H6.2Pb/c1-12-8-2-3-9-4-6-10(11)7-5-9;1-7(11)10-6-4-3-5-8(10)9(12)13-2;1-2;;/h4-7,12H,8H2,1H3;1,8H,3-6H2,2H3;1-2H3;;. The number of piperidine rings is 1. The number of nitrogens with zero attached hydrogens (tertiary/aromatic N) is 1. The Morgan fingerprint density at radius 2 is 1.90 bits per heavy atom. The molecule has 1 aromatic rings. The van der Waals surface area contributed by atoms with Crippen LogP contribution in [-0.4, -0.2) is 102 Å². The number of halogens is 1. The molecule has 1 atom stereocenters. The van der Waals surface area contributed by atoms with E-state index in [0.29, 0.717) is 6.54 Å². The molecule has 1 saturated heterocycles. The van der Waals surface area contributed by atoms with Crippen molar-refractivity contribution >= 4 is 63.4 Å². The van der Waals surface area contributed by atoms with Crippen molar-refractivity contribution in [2.24, 2.45) is 0 Å². The third-order valence-electron chi connectivity index (χ3n) is 3.85. The van der Waals surface area contributed by atoms with Gasteiger partial charge in [-0.25, -0.2) is 4.39 Å². The molecule has 0 aromatic heterocycles. The number of amides is 1. The maximum atomic E-state index is 12.4. The topological polar surface area (TPSA) is 58.6 Å². The molecule has 1 aliphatic heterocycles. The predicted octanol–water partition coefficient (Wildman–Crippen LogP) is 2.05. The summed E-state index contributed by atoms with van der Waals surface area (Å²) >= 11 is 1.79. The Labute approximate surface area is 205 Å². The summed E-state index contributed by atoms with van der Waals surface area (Å²) in [5.41, 5.74) is 0.839. The normalized spacial score (nSPS) is 15.0. The third kappa shape index (κ3) is 11.4. The van der Waals surface area contributed by atoms with Gasteiger partial charge in [-0.05, 0) is 31.3 Å². The average Bonchev–Trinajstić information content (AvgIpc) is 2.76. The molecular formula is C21H29FN2O3Pb2. The number of esters is 1. The molecule has 0 spiro atoms. The molecular weight excluding hydrogens is 762 g/mol. The molecule has 8 heteroatoms. The van der Waals surface area contributed by atoms with Crippen molar-refractivity contribution in [2.45, 2.75) is 40.2 Å². The Kier molecular flexibility index (Phi) is 16.8. The van der Waals surface area contributed by atoms with Gasteiger partial charge in [-0.2, -0.15) is 0 Å². The first-order valence-electron chi connectivity index (χ1n) is 9.60. The van der Waals surface area contributed by atoms with E-state index in [-0.39, 0.29) is 24.8 Å². The number of ether oxygens (including phenoxy) is 1. The summed E-state index contributed by atoms with van der Waals surface area (Å²) < 4.78 is 17.4.